The summed E-state index contributed by atoms with van der Waals surface area (Å²) in [6.45, 7) is 4.66. The quantitative estimate of drug-likeness (QED) is 0.658. The number of carbonyl (C=O) groups is 1. The predicted octanol–water partition coefficient (Wildman–Crippen LogP) is 4.55. The fourth-order valence-corrected chi connectivity index (χ4v) is 3.28. The number of methoxy groups -OCH3 is 1. The molecule has 4 nitrogen and oxygen atoms in total. The van der Waals surface area contributed by atoms with Crippen LogP contribution in [0.5, 0.6) is 5.75 Å². The third-order valence-electron chi connectivity index (χ3n) is 5.24. The number of nitrogens with one attached hydrogen (secondary N) is 1. The van der Waals surface area contributed by atoms with E-state index in [9.17, 15) is 4.79 Å². The number of ether oxygens (including phenoxy) is 1. The molecule has 0 aromatic heterocycles. The maximum absolute atomic E-state index is 12.7. The normalized spacial score (nSPS) is 13.3. The van der Waals surface area contributed by atoms with Crippen LogP contribution < -0.4 is 10.1 Å². The maximum atomic E-state index is 12.7. The molecular weight excluding hydrogens is 348 g/mol. The summed E-state index contributed by atoms with van der Waals surface area (Å²) >= 11 is 0. The molecule has 0 fully saturated rings. The van der Waals surface area contributed by atoms with E-state index in [0.717, 1.165) is 16.7 Å². The number of likely N-dealkylation sites (N-methyl/N-ethyl adjacent to an activating group) is 1. The lowest BCUT2D eigenvalue weighted by atomic mass is 10.1. The van der Waals surface area contributed by atoms with Crippen molar-refractivity contribution in [2.45, 2.75) is 32.5 Å². The van der Waals surface area contributed by atoms with Gasteiger partial charge in [0, 0.05) is 6.54 Å². The largest absolute Gasteiger partial charge is 0.497 e. The smallest absolute Gasteiger partial charge is 0.237 e. The van der Waals surface area contributed by atoms with Crippen molar-refractivity contribution in [2.24, 2.45) is 0 Å². The van der Waals surface area contributed by atoms with Crippen molar-refractivity contribution >= 4 is 16.7 Å². The van der Waals surface area contributed by atoms with Crippen molar-refractivity contribution in [3.05, 3.63) is 77.9 Å². The van der Waals surface area contributed by atoms with Gasteiger partial charge < -0.3 is 10.1 Å². The maximum Gasteiger partial charge on any atom is 0.237 e. The third-order valence-corrected chi connectivity index (χ3v) is 5.24. The molecule has 0 saturated heterocycles. The Labute approximate surface area is 167 Å². The standard InChI is InChI=1S/C24H28N2O2/c1-17(20-8-6-5-7-9-20)25-24(27)18(2)26(3)16-19-10-11-22-15-23(28-4)13-12-21(22)14-19/h5-15,17-18H,16H2,1-4H3,(H,25,27)/t17-,18-/m0/s1. The van der Waals surface area contributed by atoms with Gasteiger partial charge in [-0.1, -0.05) is 48.5 Å². The zero-order valence-electron chi connectivity index (χ0n) is 17.0. The molecule has 3 aromatic carbocycles. The van der Waals surface area contributed by atoms with E-state index >= 15 is 0 Å². The van der Waals surface area contributed by atoms with Gasteiger partial charge in [-0.2, -0.15) is 0 Å². The van der Waals surface area contributed by atoms with E-state index in [-0.39, 0.29) is 18.0 Å². The van der Waals surface area contributed by atoms with Crippen LogP contribution >= 0.6 is 0 Å². The Bertz CT molecular complexity index is 940. The first kappa shape index (κ1) is 19.9. The number of amides is 1. The van der Waals surface area contributed by atoms with Crippen LogP contribution in [-0.4, -0.2) is 31.0 Å². The van der Waals surface area contributed by atoms with Crippen molar-refractivity contribution < 1.29 is 9.53 Å². The van der Waals surface area contributed by atoms with E-state index in [1.54, 1.807) is 7.11 Å². The van der Waals surface area contributed by atoms with Gasteiger partial charge in [0.1, 0.15) is 5.75 Å². The van der Waals surface area contributed by atoms with E-state index in [1.807, 2.05) is 63.4 Å². The van der Waals surface area contributed by atoms with Gasteiger partial charge >= 0.3 is 0 Å². The van der Waals surface area contributed by atoms with Crippen molar-refractivity contribution in [1.82, 2.24) is 10.2 Å². The summed E-state index contributed by atoms with van der Waals surface area (Å²) in [7, 11) is 3.66. The summed E-state index contributed by atoms with van der Waals surface area (Å²) in [4.78, 5) is 14.7. The van der Waals surface area contributed by atoms with E-state index in [2.05, 4.69) is 34.5 Å². The molecule has 1 N–H and O–H groups in total. The average Bonchev–Trinajstić information content (AvgIpc) is 2.73. The highest BCUT2D eigenvalue weighted by Crippen LogP contribution is 2.22. The number of benzene rings is 3. The Morgan fingerprint density at radius 1 is 1.00 bits per heavy atom. The molecule has 0 radical (unpaired) electrons. The monoisotopic (exact) mass is 376 g/mol. The Morgan fingerprint density at radius 3 is 2.39 bits per heavy atom. The van der Waals surface area contributed by atoms with Gasteiger partial charge in [0.15, 0.2) is 0 Å². The molecule has 28 heavy (non-hydrogen) atoms. The van der Waals surface area contributed by atoms with Gasteiger partial charge in [0.2, 0.25) is 5.91 Å². The molecule has 0 bridgehead atoms. The molecule has 0 aliphatic heterocycles. The van der Waals surface area contributed by atoms with Gasteiger partial charge in [0.25, 0.3) is 0 Å². The van der Waals surface area contributed by atoms with Crippen LogP contribution in [0.3, 0.4) is 0 Å². The number of hydrogen-bond donors (Lipinski definition) is 1. The molecule has 3 aromatic rings. The minimum atomic E-state index is -0.224. The van der Waals surface area contributed by atoms with E-state index in [0.29, 0.717) is 6.54 Å². The van der Waals surface area contributed by atoms with Crippen LogP contribution in [0, 0.1) is 0 Å². The van der Waals surface area contributed by atoms with Crippen LogP contribution in [0.15, 0.2) is 66.7 Å². The highest BCUT2D eigenvalue weighted by atomic mass is 16.5. The second-order valence-corrected chi connectivity index (χ2v) is 7.28. The molecule has 146 valence electrons. The van der Waals surface area contributed by atoms with Crippen molar-refractivity contribution in [2.75, 3.05) is 14.2 Å². The summed E-state index contributed by atoms with van der Waals surface area (Å²) < 4.78 is 5.29. The van der Waals surface area contributed by atoms with Crippen LogP contribution in [0.25, 0.3) is 10.8 Å². The van der Waals surface area contributed by atoms with Crippen molar-refractivity contribution in [3.8, 4) is 5.75 Å². The third kappa shape index (κ3) is 4.70. The Balaban J connectivity index is 1.63. The predicted molar refractivity (Wildman–Crippen MR) is 114 cm³/mol. The van der Waals surface area contributed by atoms with E-state index in [1.165, 1.54) is 10.9 Å². The number of rotatable bonds is 7. The molecule has 0 aliphatic rings. The second-order valence-electron chi connectivity index (χ2n) is 7.28. The second kappa shape index (κ2) is 8.89. The lowest BCUT2D eigenvalue weighted by molar-refractivity contribution is -0.126. The molecule has 0 saturated carbocycles. The first-order valence-corrected chi connectivity index (χ1v) is 9.60. The minimum absolute atomic E-state index is 0.0137. The molecule has 2 atom stereocenters. The molecular formula is C24H28N2O2. The summed E-state index contributed by atoms with van der Waals surface area (Å²) in [6.07, 6.45) is 0. The van der Waals surface area contributed by atoms with Crippen LogP contribution in [0.2, 0.25) is 0 Å². The number of hydrogen-bond acceptors (Lipinski definition) is 3. The molecule has 0 unspecified atom stereocenters. The van der Waals surface area contributed by atoms with E-state index in [4.69, 9.17) is 4.74 Å². The van der Waals surface area contributed by atoms with Gasteiger partial charge in [-0.3, -0.25) is 9.69 Å². The lowest BCUT2D eigenvalue weighted by Crippen LogP contribution is -2.43. The molecule has 1 amide bonds. The first-order chi connectivity index (χ1) is 13.5. The number of fused-ring (bicyclic) bond motifs is 1. The minimum Gasteiger partial charge on any atom is -0.497 e. The van der Waals surface area contributed by atoms with E-state index < -0.39 is 0 Å². The molecule has 0 spiro atoms. The molecule has 4 heteroatoms. The molecule has 3 rings (SSSR count). The van der Waals surface area contributed by atoms with Gasteiger partial charge in [-0.25, -0.2) is 0 Å². The highest BCUT2D eigenvalue weighted by molar-refractivity contribution is 5.84. The Morgan fingerprint density at radius 2 is 1.68 bits per heavy atom. The van der Waals surface area contributed by atoms with Crippen molar-refractivity contribution in [3.63, 3.8) is 0 Å². The summed E-state index contributed by atoms with van der Waals surface area (Å²) in [6, 6.07) is 22.2. The zero-order valence-corrected chi connectivity index (χ0v) is 17.0. The SMILES string of the molecule is COc1ccc2cc(CN(C)[C@@H](C)C(=O)N[C@@H](C)c3ccccc3)ccc2c1. The van der Waals surface area contributed by atoms with Gasteiger partial charge in [-0.05, 0) is 61.0 Å². The van der Waals surface area contributed by atoms with Gasteiger partial charge in [0.05, 0.1) is 19.2 Å². The summed E-state index contributed by atoms with van der Waals surface area (Å²) in [5.41, 5.74) is 2.28. The van der Waals surface area contributed by atoms with Gasteiger partial charge in [-0.15, -0.1) is 0 Å². The molecule has 0 heterocycles. The molecule has 0 aliphatic carbocycles. The number of nitrogens with zero attached hydrogens (tertiary/aromatic N) is 1. The Kier molecular flexibility index (Phi) is 6.32. The average molecular weight is 377 g/mol. The van der Waals surface area contributed by atoms with Crippen LogP contribution in [-0.2, 0) is 11.3 Å². The fraction of sp³-hybridized carbons (Fsp3) is 0.292. The van der Waals surface area contributed by atoms with Crippen molar-refractivity contribution in [1.29, 1.82) is 0 Å². The lowest BCUT2D eigenvalue weighted by Gasteiger charge is -2.26. The zero-order chi connectivity index (χ0) is 20.1. The summed E-state index contributed by atoms with van der Waals surface area (Å²) in [5, 5.41) is 5.42. The highest BCUT2D eigenvalue weighted by Gasteiger charge is 2.20. The van der Waals surface area contributed by atoms with Crippen LogP contribution in [0.4, 0.5) is 0 Å². The van der Waals surface area contributed by atoms with Crippen LogP contribution in [0.1, 0.15) is 31.0 Å². The number of carbonyl (C=O) groups excluding carboxylic acids is 1. The Hall–Kier alpha value is -2.85. The topological polar surface area (TPSA) is 41.6 Å². The fourth-order valence-electron chi connectivity index (χ4n) is 3.28. The summed E-state index contributed by atoms with van der Waals surface area (Å²) in [5.74, 6) is 0.888. The first-order valence-electron chi connectivity index (χ1n) is 9.60.